The number of esters is 2. The van der Waals surface area contributed by atoms with Crippen molar-refractivity contribution in [2.45, 2.75) is 58.5 Å². The summed E-state index contributed by atoms with van der Waals surface area (Å²) >= 11 is 17.9. The molecule has 0 aromatic heterocycles. The van der Waals surface area contributed by atoms with Gasteiger partial charge >= 0.3 is 11.9 Å². The van der Waals surface area contributed by atoms with E-state index in [1.165, 1.54) is 12.1 Å². The van der Waals surface area contributed by atoms with Crippen molar-refractivity contribution in [3.63, 3.8) is 0 Å². The maximum atomic E-state index is 11.7. The average Bonchev–Trinajstić information content (AvgIpc) is 2.53. The van der Waals surface area contributed by atoms with Gasteiger partial charge < -0.3 is 9.47 Å². The van der Waals surface area contributed by atoms with Crippen molar-refractivity contribution in [1.82, 2.24) is 0 Å². The first-order valence-electron chi connectivity index (χ1n) is 8.38. The Morgan fingerprint density at radius 2 is 1.48 bits per heavy atom. The molecular formula is C18H23Cl3O4. The molecule has 0 amide bonds. The van der Waals surface area contributed by atoms with E-state index in [-0.39, 0.29) is 25.4 Å². The first kappa shape index (κ1) is 22.1. The quantitative estimate of drug-likeness (QED) is 0.333. The molecule has 25 heavy (non-hydrogen) atoms. The van der Waals surface area contributed by atoms with Gasteiger partial charge in [-0.25, -0.2) is 0 Å². The Morgan fingerprint density at radius 1 is 0.880 bits per heavy atom. The summed E-state index contributed by atoms with van der Waals surface area (Å²) in [5.41, 5.74) is 0.507. The molecule has 0 aliphatic rings. The third-order valence-electron chi connectivity index (χ3n) is 3.51. The molecule has 7 heteroatoms. The molecule has 0 atom stereocenters. The maximum Gasteiger partial charge on any atom is 0.306 e. The zero-order valence-electron chi connectivity index (χ0n) is 14.3. The molecular weight excluding hydrogens is 387 g/mol. The summed E-state index contributed by atoms with van der Waals surface area (Å²) in [6.45, 7) is 2.53. The van der Waals surface area contributed by atoms with Crippen LogP contribution in [0.3, 0.4) is 0 Å². The topological polar surface area (TPSA) is 52.6 Å². The van der Waals surface area contributed by atoms with E-state index in [1.54, 1.807) is 0 Å². The van der Waals surface area contributed by atoms with Crippen LogP contribution in [-0.4, -0.2) is 18.5 Å². The van der Waals surface area contributed by atoms with E-state index < -0.39 is 5.97 Å². The lowest BCUT2D eigenvalue weighted by molar-refractivity contribution is -0.146. The highest BCUT2D eigenvalue weighted by Crippen LogP contribution is 2.29. The van der Waals surface area contributed by atoms with Gasteiger partial charge in [0.25, 0.3) is 0 Å². The third-order valence-corrected chi connectivity index (χ3v) is 4.40. The van der Waals surface area contributed by atoms with E-state index >= 15 is 0 Å². The minimum Gasteiger partial charge on any atom is -0.466 e. The maximum absolute atomic E-state index is 11.7. The minimum absolute atomic E-state index is 0.0322. The molecule has 0 saturated carbocycles. The Bertz CT molecular complexity index is 552. The molecule has 140 valence electrons. The van der Waals surface area contributed by atoms with Gasteiger partial charge in [0.15, 0.2) is 0 Å². The molecule has 0 heterocycles. The monoisotopic (exact) mass is 408 g/mol. The van der Waals surface area contributed by atoms with Crippen molar-refractivity contribution in [2.24, 2.45) is 0 Å². The number of rotatable bonds is 11. The number of hydrogen-bond acceptors (Lipinski definition) is 4. The second-order valence-electron chi connectivity index (χ2n) is 5.64. The summed E-state index contributed by atoms with van der Waals surface area (Å²) in [5, 5.41) is 1.10. The van der Waals surface area contributed by atoms with Gasteiger partial charge in [0, 0.05) is 23.4 Å². The van der Waals surface area contributed by atoms with Crippen LogP contribution in [0.25, 0.3) is 0 Å². The Kier molecular flexibility index (Phi) is 10.9. The zero-order chi connectivity index (χ0) is 18.7. The van der Waals surface area contributed by atoms with Crippen LogP contribution < -0.4 is 0 Å². The summed E-state index contributed by atoms with van der Waals surface area (Å²) in [7, 11) is 0. The van der Waals surface area contributed by atoms with E-state index in [1.807, 2.05) is 0 Å². The van der Waals surface area contributed by atoms with Crippen LogP contribution >= 0.6 is 34.8 Å². The number of ether oxygens (including phenoxy) is 2. The Hall–Kier alpha value is -0.970. The van der Waals surface area contributed by atoms with Gasteiger partial charge in [0.05, 0.1) is 16.7 Å². The van der Waals surface area contributed by atoms with Crippen molar-refractivity contribution >= 4 is 46.7 Å². The summed E-state index contributed by atoms with van der Waals surface area (Å²) < 4.78 is 10.2. The molecule has 0 saturated heterocycles. The first-order chi connectivity index (χ1) is 11.9. The van der Waals surface area contributed by atoms with E-state index in [9.17, 15) is 9.59 Å². The molecule has 0 unspecified atom stereocenters. The lowest BCUT2D eigenvalue weighted by Crippen LogP contribution is -2.09. The zero-order valence-corrected chi connectivity index (χ0v) is 16.6. The molecule has 0 spiro atoms. The van der Waals surface area contributed by atoms with Gasteiger partial charge in [-0.05, 0) is 25.0 Å². The number of benzene rings is 1. The minimum atomic E-state index is -0.419. The summed E-state index contributed by atoms with van der Waals surface area (Å²) in [6.07, 6.45) is 4.94. The largest absolute Gasteiger partial charge is 0.466 e. The molecule has 1 rings (SSSR count). The second-order valence-corrected chi connectivity index (χ2v) is 6.89. The lowest BCUT2D eigenvalue weighted by Gasteiger charge is -2.09. The summed E-state index contributed by atoms with van der Waals surface area (Å²) in [4.78, 5) is 23.3. The number of carbonyl (C=O) groups is 2. The molecule has 0 fully saturated rings. The van der Waals surface area contributed by atoms with Gasteiger partial charge in [-0.1, -0.05) is 61.0 Å². The predicted molar refractivity (Wildman–Crippen MR) is 100 cm³/mol. The summed E-state index contributed by atoms with van der Waals surface area (Å²) in [5.74, 6) is -0.703. The molecule has 0 aliphatic carbocycles. The van der Waals surface area contributed by atoms with Crippen molar-refractivity contribution in [3.8, 4) is 0 Å². The lowest BCUT2D eigenvalue weighted by atomic mass is 10.2. The van der Waals surface area contributed by atoms with Crippen LogP contribution in [0.2, 0.25) is 15.1 Å². The van der Waals surface area contributed by atoms with E-state index in [0.29, 0.717) is 33.7 Å². The van der Waals surface area contributed by atoms with Gasteiger partial charge in [0.1, 0.15) is 6.61 Å². The van der Waals surface area contributed by atoms with Crippen molar-refractivity contribution in [2.75, 3.05) is 6.61 Å². The van der Waals surface area contributed by atoms with Crippen molar-refractivity contribution in [3.05, 3.63) is 32.8 Å². The third kappa shape index (κ3) is 9.34. The van der Waals surface area contributed by atoms with Crippen LogP contribution in [0.15, 0.2) is 12.1 Å². The standard InChI is InChI=1S/C18H23Cl3O4/c1-2-3-4-5-9-24-17(22)7-6-8-18(23)25-12-14-15(20)10-13(19)11-16(14)21/h10-11H,2-9,12H2,1H3. The van der Waals surface area contributed by atoms with Crippen molar-refractivity contribution in [1.29, 1.82) is 0 Å². The van der Waals surface area contributed by atoms with Gasteiger partial charge in [-0.15, -0.1) is 0 Å². The fourth-order valence-corrected chi connectivity index (χ4v) is 3.02. The average molecular weight is 410 g/mol. The van der Waals surface area contributed by atoms with E-state index in [4.69, 9.17) is 44.3 Å². The van der Waals surface area contributed by atoms with Crippen molar-refractivity contribution < 1.29 is 19.1 Å². The molecule has 1 aromatic carbocycles. The molecule has 0 N–H and O–H groups in total. The highest BCUT2D eigenvalue weighted by atomic mass is 35.5. The highest BCUT2D eigenvalue weighted by molar-refractivity contribution is 6.39. The van der Waals surface area contributed by atoms with Gasteiger partial charge in [-0.3, -0.25) is 9.59 Å². The van der Waals surface area contributed by atoms with Crippen LogP contribution in [0, 0.1) is 0 Å². The Morgan fingerprint density at radius 3 is 2.08 bits per heavy atom. The molecule has 0 radical (unpaired) electrons. The molecule has 0 bridgehead atoms. The number of unbranched alkanes of at least 4 members (excludes halogenated alkanes) is 3. The number of halogens is 3. The fourth-order valence-electron chi connectivity index (χ4n) is 2.10. The second kappa shape index (κ2) is 12.4. The molecule has 4 nitrogen and oxygen atoms in total. The number of carbonyl (C=O) groups excluding carboxylic acids is 2. The van der Waals surface area contributed by atoms with Crippen LogP contribution in [0.4, 0.5) is 0 Å². The molecule has 0 aliphatic heterocycles. The van der Waals surface area contributed by atoms with Crippen LogP contribution in [0.5, 0.6) is 0 Å². The SMILES string of the molecule is CCCCCCOC(=O)CCCC(=O)OCc1c(Cl)cc(Cl)cc1Cl. The predicted octanol–water partition coefficient (Wildman–Crippen LogP) is 5.98. The van der Waals surface area contributed by atoms with Gasteiger partial charge in [0.2, 0.25) is 0 Å². The van der Waals surface area contributed by atoms with Crippen LogP contribution in [-0.2, 0) is 25.7 Å². The van der Waals surface area contributed by atoms with E-state index in [0.717, 1.165) is 25.7 Å². The number of hydrogen-bond donors (Lipinski definition) is 0. The Balaban J connectivity index is 2.20. The highest BCUT2D eigenvalue weighted by Gasteiger charge is 2.12. The Labute approximate surface area is 163 Å². The summed E-state index contributed by atoms with van der Waals surface area (Å²) in [6, 6.07) is 3.07. The smallest absolute Gasteiger partial charge is 0.306 e. The fraction of sp³-hybridized carbons (Fsp3) is 0.556. The normalized spacial score (nSPS) is 10.6. The van der Waals surface area contributed by atoms with Crippen LogP contribution in [0.1, 0.15) is 57.4 Å². The molecule has 1 aromatic rings. The first-order valence-corrected chi connectivity index (χ1v) is 9.52. The van der Waals surface area contributed by atoms with Gasteiger partial charge in [-0.2, -0.15) is 0 Å². The van der Waals surface area contributed by atoms with E-state index in [2.05, 4.69) is 6.92 Å².